The molecule has 1 unspecified atom stereocenters. The molecule has 0 amide bonds. The van der Waals surface area contributed by atoms with Gasteiger partial charge in [0.25, 0.3) is 0 Å². The normalized spacial score (nSPS) is 13.4. The molecule has 0 bridgehead atoms. The number of nitrogens with one attached hydrogen (secondary N) is 1. The molecule has 1 nitrogen and oxygen atoms in total. The molecule has 13 heavy (non-hydrogen) atoms. The zero-order valence-electron chi connectivity index (χ0n) is 8.33. The third kappa shape index (κ3) is 3.43. The van der Waals surface area contributed by atoms with E-state index in [4.69, 9.17) is 0 Å². The summed E-state index contributed by atoms with van der Waals surface area (Å²) in [6, 6.07) is 10.9. The fourth-order valence-corrected chi connectivity index (χ4v) is 1.22. The van der Waals surface area contributed by atoms with Crippen LogP contribution in [0.2, 0.25) is 0 Å². The summed E-state index contributed by atoms with van der Waals surface area (Å²) >= 11 is 0. The second-order valence-electron chi connectivity index (χ2n) is 3.11. The van der Waals surface area contributed by atoms with Crippen molar-refractivity contribution in [3.63, 3.8) is 0 Å². The largest absolute Gasteiger partial charge is 0.307 e. The van der Waals surface area contributed by atoms with Crippen molar-refractivity contribution in [2.24, 2.45) is 0 Å². The third-order valence-electron chi connectivity index (χ3n) is 2.08. The average Bonchev–Trinajstić information content (AvgIpc) is 2.19. The van der Waals surface area contributed by atoms with Gasteiger partial charge in [0.15, 0.2) is 0 Å². The maximum Gasteiger partial charge on any atom is 0.0294 e. The second-order valence-corrected chi connectivity index (χ2v) is 3.11. The highest BCUT2D eigenvalue weighted by Crippen LogP contribution is 2.10. The molecule has 1 N–H and O–H groups in total. The molecular weight excluding hydrogens is 158 g/mol. The van der Waals surface area contributed by atoms with Crippen molar-refractivity contribution in [1.82, 2.24) is 5.32 Å². The molecule has 1 heteroatoms. The molecule has 70 valence electrons. The van der Waals surface area contributed by atoms with Crippen LogP contribution in [0.5, 0.6) is 0 Å². The number of benzene rings is 1. The molecule has 1 aromatic carbocycles. The van der Waals surface area contributed by atoms with Crippen molar-refractivity contribution >= 4 is 0 Å². The zero-order chi connectivity index (χ0) is 9.52. The minimum atomic E-state index is 0.428. The van der Waals surface area contributed by atoms with Gasteiger partial charge in [-0.25, -0.2) is 0 Å². The van der Waals surface area contributed by atoms with Crippen LogP contribution in [0.3, 0.4) is 0 Å². The molecule has 0 aliphatic carbocycles. The Morgan fingerprint density at radius 3 is 2.62 bits per heavy atom. The highest BCUT2D eigenvalue weighted by molar-refractivity contribution is 5.18. The van der Waals surface area contributed by atoms with Gasteiger partial charge in [-0.05, 0) is 19.4 Å². The van der Waals surface area contributed by atoms with Crippen LogP contribution in [0.1, 0.15) is 25.5 Å². The van der Waals surface area contributed by atoms with Gasteiger partial charge in [0.05, 0.1) is 0 Å². The molecule has 1 rings (SSSR count). The Hall–Kier alpha value is -1.08. The van der Waals surface area contributed by atoms with E-state index in [9.17, 15) is 0 Å². The lowest BCUT2D eigenvalue weighted by atomic mass is 10.1. The van der Waals surface area contributed by atoms with Crippen molar-refractivity contribution in [1.29, 1.82) is 0 Å². The van der Waals surface area contributed by atoms with E-state index in [-0.39, 0.29) is 0 Å². The first-order chi connectivity index (χ1) is 6.34. The third-order valence-corrected chi connectivity index (χ3v) is 2.08. The Morgan fingerprint density at radius 1 is 1.31 bits per heavy atom. The first kappa shape index (κ1) is 10.0. The van der Waals surface area contributed by atoms with Crippen LogP contribution < -0.4 is 5.32 Å². The highest BCUT2D eigenvalue weighted by atomic mass is 14.9. The molecule has 0 aliphatic heterocycles. The Labute approximate surface area is 80.5 Å². The van der Waals surface area contributed by atoms with Crippen LogP contribution in [0, 0.1) is 0 Å². The van der Waals surface area contributed by atoms with Crippen molar-refractivity contribution in [2.75, 3.05) is 6.54 Å². The van der Waals surface area contributed by atoms with Gasteiger partial charge < -0.3 is 5.32 Å². The van der Waals surface area contributed by atoms with Gasteiger partial charge in [-0.3, -0.25) is 0 Å². The molecule has 0 spiro atoms. The van der Waals surface area contributed by atoms with Gasteiger partial charge in [0, 0.05) is 12.6 Å². The van der Waals surface area contributed by atoms with E-state index in [1.54, 1.807) is 0 Å². The van der Waals surface area contributed by atoms with E-state index in [0.717, 1.165) is 6.54 Å². The summed E-state index contributed by atoms with van der Waals surface area (Å²) in [5.74, 6) is 0. The van der Waals surface area contributed by atoms with E-state index in [1.165, 1.54) is 5.56 Å². The van der Waals surface area contributed by atoms with Gasteiger partial charge in [-0.2, -0.15) is 0 Å². The molecule has 0 saturated heterocycles. The Bertz CT molecular complexity index is 251. The van der Waals surface area contributed by atoms with Crippen molar-refractivity contribution in [3.8, 4) is 0 Å². The van der Waals surface area contributed by atoms with E-state index in [0.29, 0.717) is 6.04 Å². The fraction of sp³-hybridized carbons (Fsp3) is 0.333. The maximum atomic E-state index is 3.41. The smallest absolute Gasteiger partial charge is 0.0294 e. The molecule has 0 aliphatic rings. The average molecular weight is 175 g/mol. The summed E-state index contributed by atoms with van der Waals surface area (Å²) in [7, 11) is 0. The topological polar surface area (TPSA) is 12.0 Å². The van der Waals surface area contributed by atoms with E-state index in [2.05, 4.69) is 48.7 Å². The lowest BCUT2D eigenvalue weighted by molar-refractivity contribution is 0.617. The predicted molar refractivity (Wildman–Crippen MR) is 57.7 cm³/mol. The highest BCUT2D eigenvalue weighted by Gasteiger charge is 2.00. The van der Waals surface area contributed by atoms with Crippen molar-refractivity contribution in [3.05, 3.63) is 48.0 Å². The van der Waals surface area contributed by atoms with Crippen LogP contribution in [0.4, 0.5) is 0 Å². The maximum absolute atomic E-state index is 3.41. The fourth-order valence-electron chi connectivity index (χ4n) is 1.22. The quantitative estimate of drug-likeness (QED) is 0.694. The minimum Gasteiger partial charge on any atom is -0.307 e. The summed E-state index contributed by atoms with van der Waals surface area (Å²) in [5, 5.41) is 3.41. The van der Waals surface area contributed by atoms with Gasteiger partial charge in [-0.15, -0.1) is 0 Å². The summed E-state index contributed by atoms with van der Waals surface area (Å²) in [5.41, 5.74) is 1.34. The van der Waals surface area contributed by atoms with Gasteiger partial charge in [0.2, 0.25) is 0 Å². The standard InChI is InChI=1S/C12H17N/c1-3-4-10-13-11(2)12-8-6-5-7-9-12/h3-9,11,13H,10H2,1-2H3/b4-3+. The lowest BCUT2D eigenvalue weighted by Crippen LogP contribution is -2.18. The van der Waals surface area contributed by atoms with Crippen LogP contribution >= 0.6 is 0 Å². The van der Waals surface area contributed by atoms with Crippen molar-refractivity contribution in [2.45, 2.75) is 19.9 Å². The Kier molecular flexibility index (Phi) is 4.27. The summed E-state index contributed by atoms with van der Waals surface area (Å²) in [6.07, 6.45) is 4.18. The first-order valence-corrected chi connectivity index (χ1v) is 4.74. The van der Waals surface area contributed by atoms with Crippen molar-refractivity contribution < 1.29 is 0 Å². The van der Waals surface area contributed by atoms with E-state index >= 15 is 0 Å². The van der Waals surface area contributed by atoms with Crippen LogP contribution in [-0.2, 0) is 0 Å². The van der Waals surface area contributed by atoms with E-state index < -0.39 is 0 Å². The van der Waals surface area contributed by atoms with Gasteiger partial charge in [-0.1, -0.05) is 42.5 Å². The van der Waals surface area contributed by atoms with Crippen LogP contribution in [0.15, 0.2) is 42.5 Å². The summed E-state index contributed by atoms with van der Waals surface area (Å²) in [6.45, 7) is 5.15. The Morgan fingerprint density at radius 2 is 2.00 bits per heavy atom. The zero-order valence-corrected chi connectivity index (χ0v) is 8.33. The number of rotatable bonds is 4. The SMILES string of the molecule is C/C=C/CNC(C)c1ccccc1. The lowest BCUT2D eigenvalue weighted by Gasteiger charge is -2.12. The van der Waals surface area contributed by atoms with Gasteiger partial charge in [0.1, 0.15) is 0 Å². The predicted octanol–water partition coefficient (Wildman–Crippen LogP) is 2.91. The Balaban J connectivity index is 2.44. The monoisotopic (exact) mass is 175 g/mol. The molecule has 0 radical (unpaired) electrons. The molecule has 1 atom stereocenters. The molecule has 1 aromatic rings. The number of allylic oxidation sites excluding steroid dienone is 1. The minimum absolute atomic E-state index is 0.428. The summed E-state index contributed by atoms with van der Waals surface area (Å²) < 4.78 is 0. The molecule has 0 saturated carbocycles. The number of hydrogen-bond acceptors (Lipinski definition) is 1. The van der Waals surface area contributed by atoms with Gasteiger partial charge >= 0.3 is 0 Å². The molecule has 0 aromatic heterocycles. The summed E-state index contributed by atoms with van der Waals surface area (Å²) in [4.78, 5) is 0. The molecule has 0 fully saturated rings. The molecular formula is C12H17N. The molecule has 0 heterocycles. The van der Waals surface area contributed by atoms with Crippen LogP contribution in [-0.4, -0.2) is 6.54 Å². The first-order valence-electron chi connectivity index (χ1n) is 4.74. The number of hydrogen-bond donors (Lipinski definition) is 1. The van der Waals surface area contributed by atoms with E-state index in [1.807, 2.05) is 13.0 Å². The second kappa shape index (κ2) is 5.55. The van der Waals surface area contributed by atoms with Crippen LogP contribution in [0.25, 0.3) is 0 Å².